The lowest BCUT2D eigenvalue weighted by atomic mass is 9.72. The van der Waals surface area contributed by atoms with Crippen LogP contribution in [0.2, 0.25) is 0 Å². The van der Waals surface area contributed by atoms with Crippen LogP contribution in [0.25, 0.3) is 0 Å². The Hall–Kier alpha value is -1.76. The van der Waals surface area contributed by atoms with Gasteiger partial charge in [0.15, 0.2) is 0 Å². The number of aliphatic hydroxyl groups is 5. The van der Waals surface area contributed by atoms with E-state index < -0.39 is 24.2 Å². The van der Waals surface area contributed by atoms with Crippen molar-refractivity contribution >= 4 is 0 Å². The van der Waals surface area contributed by atoms with E-state index >= 15 is 0 Å². The number of hydrogen-bond donors (Lipinski definition) is 5. The summed E-state index contributed by atoms with van der Waals surface area (Å²) in [6.07, 6.45) is 0.861. The van der Waals surface area contributed by atoms with Crippen molar-refractivity contribution in [1.82, 2.24) is 0 Å². The molecule has 2 aromatic carbocycles. The van der Waals surface area contributed by atoms with Gasteiger partial charge in [0.25, 0.3) is 0 Å². The maximum Gasteiger partial charge on any atom is 0.107 e. The zero-order chi connectivity index (χ0) is 21.3. The van der Waals surface area contributed by atoms with Crippen LogP contribution in [0.1, 0.15) is 58.9 Å². The van der Waals surface area contributed by atoms with E-state index in [0.717, 1.165) is 17.5 Å². The Bertz CT molecular complexity index is 843. The van der Waals surface area contributed by atoms with Crippen molar-refractivity contribution in [3.05, 3.63) is 70.3 Å². The highest BCUT2D eigenvalue weighted by Crippen LogP contribution is 2.44. The quantitative estimate of drug-likeness (QED) is 0.478. The van der Waals surface area contributed by atoms with E-state index in [1.54, 1.807) is 0 Å². The highest BCUT2D eigenvalue weighted by molar-refractivity contribution is 5.42. The van der Waals surface area contributed by atoms with Gasteiger partial charge in [-0.1, -0.05) is 42.5 Å². The van der Waals surface area contributed by atoms with Crippen LogP contribution in [-0.2, 0) is 12.8 Å². The van der Waals surface area contributed by atoms with Crippen LogP contribution in [0.5, 0.6) is 0 Å². The molecule has 0 aliphatic heterocycles. The predicted molar refractivity (Wildman–Crippen MR) is 114 cm³/mol. The molecule has 0 heterocycles. The summed E-state index contributed by atoms with van der Waals surface area (Å²) in [4.78, 5) is 0. The van der Waals surface area contributed by atoms with Crippen LogP contribution in [0, 0.1) is 5.92 Å². The smallest absolute Gasteiger partial charge is 0.107 e. The lowest BCUT2D eigenvalue weighted by Crippen LogP contribution is -2.51. The Kier molecular flexibility index (Phi) is 6.56. The van der Waals surface area contributed by atoms with Crippen molar-refractivity contribution in [2.75, 3.05) is 13.2 Å². The largest absolute Gasteiger partial charge is 0.396 e. The summed E-state index contributed by atoms with van der Waals surface area (Å²) >= 11 is 0. The molecule has 0 saturated heterocycles. The molecular weight excluding hydrogens is 380 g/mol. The Labute approximate surface area is 177 Å². The molecule has 5 heteroatoms. The summed E-state index contributed by atoms with van der Waals surface area (Å²) in [6.45, 7) is -0.0685. The fraction of sp³-hybridized carbons (Fsp3) is 0.520. The lowest BCUT2D eigenvalue weighted by molar-refractivity contribution is -0.127. The standard InChI is InChI=1S/C25H32O5/c26-10-9-15-1-3-16(4-2-15)11-19-12-18(7-8-21(19)17-5-6-17)22-13-20(14-27)23(28)25(30)24(22)29/h1-4,7-8,12,17,20,22-30H,5-6,9-11,13-14H2/t20-,22+,23-,24+,25+/m1/s1. The van der Waals surface area contributed by atoms with Gasteiger partial charge in [-0.05, 0) is 65.8 Å². The van der Waals surface area contributed by atoms with Gasteiger partial charge in [0.05, 0.1) is 12.2 Å². The maximum absolute atomic E-state index is 10.6. The second kappa shape index (κ2) is 9.16. The molecule has 0 radical (unpaired) electrons. The average molecular weight is 413 g/mol. The van der Waals surface area contributed by atoms with Crippen LogP contribution in [-0.4, -0.2) is 57.1 Å². The van der Waals surface area contributed by atoms with Crippen LogP contribution in [0.15, 0.2) is 42.5 Å². The van der Waals surface area contributed by atoms with Crippen LogP contribution in [0.4, 0.5) is 0 Å². The van der Waals surface area contributed by atoms with Crippen molar-refractivity contribution in [2.45, 2.75) is 62.3 Å². The van der Waals surface area contributed by atoms with Crippen molar-refractivity contribution in [3.8, 4) is 0 Å². The molecule has 2 fully saturated rings. The molecule has 5 nitrogen and oxygen atoms in total. The van der Waals surface area contributed by atoms with E-state index in [4.69, 9.17) is 5.11 Å². The maximum atomic E-state index is 10.6. The molecule has 0 amide bonds. The fourth-order valence-corrected chi connectivity index (χ4v) is 4.81. The van der Waals surface area contributed by atoms with Crippen molar-refractivity contribution in [2.24, 2.45) is 5.92 Å². The van der Waals surface area contributed by atoms with Crippen LogP contribution < -0.4 is 0 Å². The molecule has 2 aliphatic carbocycles. The van der Waals surface area contributed by atoms with E-state index in [1.807, 2.05) is 6.07 Å². The van der Waals surface area contributed by atoms with E-state index in [2.05, 4.69) is 36.4 Å². The molecular formula is C25H32O5. The minimum absolute atomic E-state index is 0.145. The normalized spacial score (nSPS) is 29.2. The van der Waals surface area contributed by atoms with E-state index in [1.165, 1.54) is 29.5 Å². The van der Waals surface area contributed by atoms with Gasteiger partial charge in [-0.2, -0.15) is 0 Å². The average Bonchev–Trinajstić information content (AvgIpc) is 3.59. The first-order chi connectivity index (χ1) is 14.5. The van der Waals surface area contributed by atoms with Crippen LogP contribution in [0.3, 0.4) is 0 Å². The SMILES string of the molecule is OCCc1ccc(Cc2cc([C@@H]3C[C@H](CO)[C@@H](O)[C@H](O)[C@H]3O)ccc2C2CC2)cc1. The molecule has 0 bridgehead atoms. The summed E-state index contributed by atoms with van der Waals surface area (Å²) in [5, 5.41) is 49.7. The fourth-order valence-electron chi connectivity index (χ4n) is 4.81. The van der Waals surface area contributed by atoms with Gasteiger partial charge in [0.2, 0.25) is 0 Å². The molecule has 162 valence electrons. The summed E-state index contributed by atoms with van der Waals surface area (Å²) in [7, 11) is 0. The molecule has 2 aliphatic rings. The third-order valence-corrected chi connectivity index (χ3v) is 6.82. The van der Waals surface area contributed by atoms with Gasteiger partial charge in [-0.15, -0.1) is 0 Å². The number of rotatable bonds is 7. The minimum Gasteiger partial charge on any atom is -0.396 e. The Balaban J connectivity index is 1.61. The molecule has 0 unspecified atom stereocenters. The first-order valence-corrected chi connectivity index (χ1v) is 11.0. The van der Waals surface area contributed by atoms with Crippen LogP contribution >= 0.6 is 0 Å². The molecule has 30 heavy (non-hydrogen) atoms. The third kappa shape index (κ3) is 4.46. The second-order valence-electron chi connectivity index (χ2n) is 8.96. The molecule has 5 atom stereocenters. The van der Waals surface area contributed by atoms with Gasteiger partial charge in [0.1, 0.15) is 6.10 Å². The highest BCUT2D eigenvalue weighted by Gasteiger charge is 2.43. The van der Waals surface area contributed by atoms with E-state index in [0.29, 0.717) is 18.8 Å². The van der Waals surface area contributed by atoms with Gasteiger partial charge in [-0.25, -0.2) is 0 Å². The Morgan fingerprint density at radius 2 is 1.50 bits per heavy atom. The molecule has 4 rings (SSSR count). The summed E-state index contributed by atoms with van der Waals surface area (Å²) in [5.74, 6) is -0.171. The van der Waals surface area contributed by atoms with E-state index in [-0.39, 0.29) is 19.1 Å². The zero-order valence-corrected chi connectivity index (χ0v) is 17.2. The van der Waals surface area contributed by atoms with Crippen molar-refractivity contribution < 1.29 is 25.5 Å². The first kappa shape index (κ1) is 21.5. The van der Waals surface area contributed by atoms with Gasteiger partial charge >= 0.3 is 0 Å². The second-order valence-corrected chi connectivity index (χ2v) is 8.96. The van der Waals surface area contributed by atoms with Gasteiger partial charge in [-0.3, -0.25) is 0 Å². The van der Waals surface area contributed by atoms with E-state index in [9.17, 15) is 20.4 Å². The monoisotopic (exact) mass is 412 g/mol. The summed E-state index contributed by atoms with van der Waals surface area (Å²) in [5.41, 5.74) is 5.85. The predicted octanol–water partition coefficient (Wildman–Crippen LogP) is 1.87. The Morgan fingerprint density at radius 3 is 2.13 bits per heavy atom. The summed E-state index contributed by atoms with van der Waals surface area (Å²) in [6, 6.07) is 14.6. The summed E-state index contributed by atoms with van der Waals surface area (Å²) < 4.78 is 0. The molecule has 5 N–H and O–H groups in total. The first-order valence-electron chi connectivity index (χ1n) is 11.0. The molecule has 2 aromatic rings. The number of hydrogen-bond acceptors (Lipinski definition) is 5. The highest BCUT2D eigenvalue weighted by atomic mass is 16.4. The lowest BCUT2D eigenvalue weighted by Gasteiger charge is -2.40. The van der Waals surface area contributed by atoms with Gasteiger partial charge in [0, 0.05) is 25.0 Å². The minimum atomic E-state index is -1.26. The molecule has 0 aromatic heterocycles. The van der Waals surface area contributed by atoms with Gasteiger partial charge < -0.3 is 25.5 Å². The molecule has 0 spiro atoms. The zero-order valence-electron chi connectivity index (χ0n) is 17.2. The molecule has 2 saturated carbocycles. The van der Waals surface area contributed by atoms with Crippen molar-refractivity contribution in [3.63, 3.8) is 0 Å². The topological polar surface area (TPSA) is 101 Å². The number of benzene rings is 2. The third-order valence-electron chi connectivity index (χ3n) is 6.82. The Morgan fingerprint density at radius 1 is 0.800 bits per heavy atom. The van der Waals surface area contributed by atoms with Crippen molar-refractivity contribution in [1.29, 1.82) is 0 Å². The number of aliphatic hydroxyl groups excluding tert-OH is 5.